The quantitative estimate of drug-likeness (QED) is 0.578. The van der Waals surface area contributed by atoms with Crippen molar-refractivity contribution >= 4 is 22.0 Å². The summed E-state index contributed by atoms with van der Waals surface area (Å²) in [7, 11) is 0. The Morgan fingerprint density at radius 2 is 1.86 bits per heavy atom. The molecule has 21 heavy (non-hydrogen) atoms. The lowest BCUT2D eigenvalue weighted by atomic mass is 10.1. The lowest BCUT2D eigenvalue weighted by molar-refractivity contribution is 0.0316. The van der Waals surface area contributed by atoms with Crippen LogP contribution in [0.15, 0.2) is 24.3 Å². The van der Waals surface area contributed by atoms with Crippen LogP contribution in [0.25, 0.3) is 0 Å². The number of alkyl halides is 1. The predicted molar refractivity (Wildman–Crippen MR) is 83.1 cm³/mol. The van der Waals surface area contributed by atoms with Crippen molar-refractivity contribution in [2.75, 3.05) is 31.8 Å². The molecule has 0 atom stereocenters. The fourth-order valence-electron chi connectivity index (χ4n) is 2.13. The minimum Gasteiger partial charge on any atom is -0.493 e. The van der Waals surface area contributed by atoms with E-state index in [9.17, 15) is 4.79 Å². The van der Waals surface area contributed by atoms with E-state index in [1.165, 1.54) is 6.42 Å². The fraction of sp³-hybridized carbons (Fsp3) is 0.533. The second kappa shape index (κ2) is 8.77. The average molecular weight is 358 g/mol. The highest BCUT2D eigenvalue weighted by atomic mass is 79.9. The lowest BCUT2D eigenvalue weighted by Gasteiger charge is -2.25. The third-order valence-electron chi connectivity index (χ3n) is 3.17. The van der Waals surface area contributed by atoms with Crippen LogP contribution in [-0.2, 0) is 4.74 Å². The van der Waals surface area contributed by atoms with E-state index in [1.54, 1.807) is 17.0 Å². The number of nitrogens with zero attached hydrogens (tertiary/aromatic N) is 1. The van der Waals surface area contributed by atoms with Gasteiger partial charge < -0.3 is 19.1 Å². The van der Waals surface area contributed by atoms with Crippen molar-refractivity contribution < 1.29 is 19.0 Å². The van der Waals surface area contributed by atoms with Gasteiger partial charge in [-0.15, -0.1) is 0 Å². The smallest absolute Gasteiger partial charge is 0.412 e. The zero-order valence-electron chi connectivity index (χ0n) is 11.9. The van der Waals surface area contributed by atoms with Crippen LogP contribution in [0.5, 0.6) is 11.5 Å². The molecule has 0 unspecified atom stereocenters. The van der Waals surface area contributed by atoms with Gasteiger partial charge in [-0.25, -0.2) is 4.79 Å². The van der Waals surface area contributed by atoms with Crippen LogP contribution in [0.3, 0.4) is 0 Å². The molecule has 6 heteroatoms. The molecule has 1 fully saturated rings. The van der Waals surface area contributed by atoms with Gasteiger partial charge in [0.1, 0.15) is 11.5 Å². The summed E-state index contributed by atoms with van der Waals surface area (Å²) in [4.78, 5) is 13.5. The maximum atomic E-state index is 11.8. The molecule has 1 aromatic rings. The van der Waals surface area contributed by atoms with Crippen molar-refractivity contribution in [2.45, 2.75) is 19.3 Å². The summed E-state index contributed by atoms with van der Waals surface area (Å²) in [5.74, 6) is 1.35. The second-order valence-corrected chi connectivity index (χ2v) is 5.53. The zero-order chi connectivity index (χ0) is 14.9. The van der Waals surface area contributed by atoms with Crippen LogP contribution in [0.4, 0.5) is 4.79 Å². The molecule has 1 saturated heterocycles. The van der Waals surface area contributed by atoms with Gasteiger partial charge in [-0.3, -0.25) is 0 Å². The van der Waals surface area contributed by atoms with Crippen molar-refractivity contribution in [1.29, 1.82) is 0 Å². The standard InChI is InChI=1S/C15H20BrNO4/c16-7-10-19-13-5-4-6-14(11-13)20-12-21-15(18)17-8-2-1-3-9-17/h4-6,11H,1-3,7-10,12H2. The van der Waals surface area contributed by atoms with Gasteiger partial charge in [-0.05, 0) is 31.4 Å². The number of halogens is 1. The number of piperidine rings is 1. The third-order valence-corrected chi connectivity index (χ3v) is 3.50. The number of amides is 1. The minimum atomic E-state index is -0.304. The monoisotopic (exact) mass is 357 g/mol. The summed E-state index contributed by atoms with van der Waals surface area (Å²) < 4.78 is 16.0. The summed E-state index contributed by atoms with van der Waals surface area (Å²) in [5.41, 5.74) is 0. The summed E-state index contributed by atoms with van der Waals surface area (Å²) in [5, 5.41) is 0.769. The molecule has 1 aromatic carbocycles. The first kappa shape index (κ1) is 15.9. The number of rotatable bonds is 6. The van der Waals surface area contributed by atoms with E-state index in [4.69, 9.17) is 14.2 Å². The second-order valence-electron chi connectivity index (χ2n) is 4.73. The molecule has 0 spiro atoms. The molecule has 2 rings (SSSR count). The molecular formula is C15H20BrNO4. The molecule has 0 aromatic heterocycles. The molecule has 5 nitrogen and oxygen atoms in total. The van der Waals surface area contributed by atoms with Crippen LogP contribution in [0.1, 0.15) is 19.3 Å². The first-order chi connectivity index (χ1) is 10.3. The molecule has 1 heterocycles. The highest BCUT2D eigenvalue weighted by Crippen LogP contribution is 2.19. The third kappa shape index (κ3) is 5.46. The Bertz CT molecular complexity index is 449. The van der Waals surface area contributed by atoms with Crippen molar-refractivity contribution in [3.8, 4) is 11.5 Å². The Morgan fingerprint density at radius 3 is 2.57 bits per heavy atom. The van der Waals surface area contributed by atoms with Gasteiger partial charge >= 0.3 is 6.09 Å². The highest BCUT2D eigenvalue weighted by molar-refractivity contribution is 9.09. The van der Waals surface area contributed by atoms with Gasteiger partial charge in [-0.1, -0.05) is 22.0 Å². The Labute approximate surface area is 133 Å². The Hall–Kier alpha value is -1.43. The molecule has 1 aliphatic heterocycles. The van der Waals surface area contributed by atoms with Crippen LogP contribution >= 0.6 is 15.9 Å². The van der Waals surface area contributed by atoms with E-state index in [0.717, 1.165) is 37.0 Å². The van der Waals surface area contributed by atoms with E-state index in [2.05, 4.69) is 15.9 Å². The summed E-state index contributed by atoms with van der Waals surface area (Å²) in [6.07, 6.45) is 2.97. The van der Waals surface area contributed by atoms with Crippen molar-refractivity contribution in [3.63, 3.8) is 0 Å². The van der Waals surface area contributed by atoms with Crippen molar-refractivity contribution in [1.82, 2.24) is 4.90 Å². The largest absolute Gasteiger partial charge is 0.493 e. The van der Waals surface area contributed by atoms with Gasteiger partial charge in [0.15, 0.2) is 0 Å². The zero-order valence-corrected chi connectivity index (χ0v) is 13.5. The molecular weight excluding hydrogens is 338 g/mol. The average Bonchev–Trinajstić information content (AvgIpc) is 2.54. The van der Waals surface area contributed by atoms with Gasteiger partial charge in [0.05, 0.1) is 6.61 Å². The molecule has 1 aliphatic rings. The number of carbonyl (C=O) groups is 1. The highest BCUT2D eigenvalue weighted by Gasteiger charge is 2.17. The number of hydrogen-bond acceptors (Lipinski definition) is 4. The molecule has 0 aliphatic carbocycles. The summed E-state index contributed by atoms with van der Waals surface area (Å²) in [6, 6.07) is 7.27. The van der Waals surface area contributed by atoms with Crippen LogP contribution < -0.4 is 9.47 Å². The van der Waals surface area contributed by atoms with E-state index < -0.39 is 0 Å². The van der Waals surface area contributed by atoms with E-state index in [0.29, 0.717) is 12.4 Å². The predicted octanol–water partition coefficient (Wildman–Crippen LogP) is 3.42. The molecule has 0 bridgehead atoms. The molecule has 1 amide bonds. The first-order valence-electron chi connectivity index (χ1n) is 7.13. The molecule has 0 radical (unpaired) electrons. The van der Waals surface area contributed by atoms with Gasteiger partial charge in [0, 0.05) is 24.5 Å². The topological polar surface area (TPSA) is 48.0 Å². The normalized spacial score (nSPS) is 14.6. The molecule has 0 saturated carbocycles. The van der Waals surface area contributed by atoms with Crippen LogP contribution in [0, 0.1) is 0 Å². The molecule has 116 valence electrons. The number of benzene rings is 1. The van der Waals surface area contributed by atoms with Crippen molar-refractivity contribution in [3.05, 3.63) is 24.3 Å². The van der Waals surface area contributed by atoms with Crippen LogP contribution in [0.2, 0.25) is 0 Å². The van der Waals surface area contributed by atoms with Gasteiger partial charge in [0.25, 0.3) is 0 Å². The van der Waals surface area contributed by atoms with E-state index in [-0.39, 0.29) is 12.9 Å². The number of carbonyl (C=O) groups excluding carboxylic acids is 1. The molecule has 0 N–H and O–H groups in total. The van der Waals surface area contributed by atoms with E-state index >= 15 is 0 Å². The first-order valence-corrected chi connectivity index (χ1v) is 8.25. The SMILES string of the molecule is O=C(OCOc1cccc(OCCBr)c1)N1CCCCC1. The number of ether oxygens (including phenoxy) is 3. The summed E-state index contributed by atoms with van der Waals surface area (Å²) >= 11 is 3.30. The van der Waals surface area contributed by atoms with Gasteiger partial charge in [-0.2, -0.15) is 0 Å². The van der Waals surface area contributed by atoms with Gasteiger partial charge in [0.2, 0.25) is 6.79 Å². The van der Waals surface area contributed by atoms with Crippen LogP contribution in [-0.4, -0.2) is 42.8 Å². The Morgan fingerprint density at radius 1 is 1.14 bits per heavy atom. The fourth-order valence-corrected chi connectivity index (χ4v) is 2.29. The number of likely N-dealkylation sites (tertiary alicyclic amines) is 1. The minimum absolute atomic E-state index is 0.0861. The summed E-state index contributed by atoms with van der Waals surface area (Å²) in [6.45, 7) is 2.05. The maximum Gasteiger partial charge on any atom is 0.412 e. The van der Waals surface area contributed by atoms with E-state index in [1.807, 2.05) is 12.1 Å². The lowest BCUT2D eigenvalue weighted by Crippen LogP contribution is -2.36. The Kier molecular flexibility index (Phi) is 6.66. The van der Waals surface area contributed by atoms with Crippen molar-refractivity contribution in [2.24, 2.45) is 0 Å². The Balaban J connectivity index is 1.73. The maximum absolute atomic E-state index is 11.8. The number of hydrogen-bond donors (Lipinski definition) is 0.